The fourth-order valence-corrected chi connectivity index (χ4v) is 4.26. The Hall–Kier alpha value is -3.23. The molecule has 146 valence electrons. The molecular formula is C21H20N6OS. The second kappa shape index (κ2) is 7.31. The van der Waals surface area contributed by atoms with Crippen molar-refractivity contribution >= 4 is 28.4 Å². The number of para-hydroxylation sites is 1. The van der Waals surface area contributed by atoms with Gasteiger partial charge in [0.25, 0.3) is 0 Å². The van der Waals surface area contributed by atoms with Crippen LogP contribution in [0.25, 0.3) is 16.6 Å². The summed E-state index contributed by atoms with van der Waals surface area (Å²) in [4.78, 5) is 3.30. The number of rotatable bonds is 5. The molecule has 0 unspecified atom stereocenters. The minimum atomic E-state index is -0.298. The molecule has 0 radical (unpaired) electrons. The number of H-pyrrole nitrogens is 1. The van der Waals surface area contributed by atoms with Gasteiger partial charge in [0.15, 0.2) is 5.82 Å². The van der Waals surface area contributed by atoms with Crippen LogP contribution in [0.1, 0.15) is 23.0 Å². The molecule has 7 nitrogen and oxygen atoms in total. The quantitative estimate of drug-likeness (QED) is 0.470. The first-order chi connectivity index (χ1) is 14.2. The third-order valence-electron chi connectivity index (χ3n) is 5.00. The highest BCUT2D eigenvalue weighted by Crippen LogP contribution is 2.31. The van der Waals surface area contributed by atoms with E-state index in [2.05, 4.69) is 32.7 Å². The molecule has 0 spiro atoms. The van der Waals surface area contributed by atoms with Crippen molar-refractivity contribution in [3.63, 3.8) is 0 Å². The number of aromatic amines is 1. The first-order valence-corrected chi connectivity index (χ1v) is 10.1. The summed E-state index contributed by atoms with van der Waals surface area (Å²) in [6.45, 7) is 0. The van der Waals surface area contributed by atoms with Crippen molar-refractivity contribution in [3.8, 4) is 5.75 Å². The predicted octanol–water partition coefficient (Wildman–Crippen LogP) is 3.66. The molecule has 0 aliphatic carbocycles. The van der Waals surface area contributed by atoms with E-state index in [9.17, 15) is 0 Å². The van der Waals surface area contributed by atoms with E-state index < -0.39 is 0 Å². The lowest BCUT2D eigenvalue weighted by Crippen LogP contribution is -2.25. The van der Waals surface area contributed by atoms with E-state index in [-0.39, 0.29) is 6.04 Å². The Morgan fingerprint density at radius 2 is 2.07 bits per heavy atom. The van der Waals surface area contributed by atoms with E-state index in [1.165, 1.54) is 17.1 Å². The van der Waals surface area contributed by atoms with Gasteiger partial charge in [-0.15, -0.1) is 10.2 Å². The molecular weight excluding hydrogens is 384 g/mol. The van der Waals surface area contributed by atoms with E-state index in [1.807, 2.05) is 52.7 Å². The predicted molar refractivity (Wildman–Crippen MR) is 115 cm³/mol. The van der Waals surface area contributed by atoms with Gasteiger partial charge in [0.05, 0.1) is 18.8 Å². The minimum Gasteiger partial charge on any atom is -0.497 e. The molecule has 1 atom stereocenters. The zero-order chi connectivity index (χ0) is 19.8. The first-order valence-electron chi connectivity index (χ1n) is 9.27. The van der Waals surface area contributed by atoms with Crippen molar-refractivity contribution in [1.82, 2.24) is 19.9 Å². The summed E-state index contributed by atoms with van der Waals surface area (Å²) in [7, 11) is 1.66. The number of hydrogen-bond acceptors (Lipinski definition) is 6. The fourth-order valence-electron chi connectivity index (χ4n) is 3.51. The highest BCUT2D eigenvalue weighted by Gasteiger charge is 2.23. The Balaban J connectivity index is 1.41. The zero-order valence-electron chi connectivity index (χ0n) is 15.8. The van der Waals surface area contributed by atoms with E-state index in [0.717, 1.165) is 33.2 Å². The summed E-state index contributed by atoms with van der Waals surface area (Å²) in [5.41, 5.74) is 14.2. The van der Waals surface area contributed by atoms with Crippen LogP contribution >= 0.6 is 11.8 Å². The molecule has 1 aliphatic heterocycles. The summed E-state index contributed by atoms with van der Waals surface area (Å²) in [6, 6.07) is 15.8. The second-order valence-corrected chi connectivity index (χ2v) is 7.68. The molecule has 1 aliphatic rings. The first kappa shape index (κ1) is 17.8. The van der Waals surface area contributed by atoms with E-state index in [1.54, 1.807) is 7.11 Å². The zero-order valence-corrected chi connectivity index (χ0v) is 16.6. The molecule has 5 rings (SSSR count). The van der Waals surface area contributed by atoms with Crippen LogP contribution in [0.3, 0.4) is 0 Å². The van der Waals surface area contributed by atoms with E-state index in [0.29, 0.717) is 12.2 Å². The maximum Gasteiger partial charge on any atom is 0.214 e. The number of methoxy groups -OCH3 is 1. The number of hydrogen-bond donors (Lipinski definition) is 3. The lowest BCUT2D eigenvalue weighted by atomic mass is 10.1. The molecule has 8 heteroatoms. The number of thioether (sulfide) groups is 1. The van der Waals surface area contributed by atoms with Gasteiger partial charge in [-0.25, -0.2) is 4.68 Å². The third kappa shape index (κ3) is 3.26. The Labute approximate surface area is 171 Å². The number of fused-ring (bicyclic) bond motifs is 2. The molecule has 29 heavy (non-hydrogen) atoms. The van der Waals surface area contributed by atoms with Crippen LogP contribution in [0.2, 0.25) is 0 Å². The van der Waals surface area contributed by atoms with Crippen LogP contribution in [-0.4, -0.2) is 27.0 Å². The third-order valence-corrected chi connectivity index (χ3v) is 5.83. The number of nitrogens with two attached hydrogens (primary N) is 1. The van der Waals surface area contributed by atoms with E-state index in [4.69, 9.17) is 10.5 Å². The summed E-state index contributed by atoms with van der Waals surface area (Å²) in [5.74, 6) is 1.51. The molecule has 4 aromatic rings. The van der Waals surface area contributed by atoms with Gasteiger partial charge in [0.2, 0.25) is 5.16 Å². The summed E-state index contributed by atoms with van der Waals surface area (Å²) in [6.07, 6.45) is 2.68. The van der Waals surface area contributed by atoms with Gasteiger partial charge in [0, 0.05) is 28.1 Å². The van der Waals surface area contributed by atoms with Gasteiger partial charge in [-0.3, -0.25) is 5.43 Å². The van der Waals surface area contributed by atoms with Crippen molar-refractivity contribution in [1.29, 1.82) is 0 Å². The molecule has 0 bridgehead atoms. The lowest BCUT2D eigenvalue weighted by molar-refractivity contribution is 0.414. The fraction of sp³-hybridized carbons (Fsp3) is 0.143. The van der Waals surface area contributed by atoms with Gasteiger partial charge in [-0.05, 0) is 30.2 Å². The van der Waals surface area contributed by atoms with E-state index >= 15 is 0 Å². The van der Waals surface area contributed by atoms with Crippen molar-refractivity contribution < 1.29 is 4.74 Å². The number of benzene rings is 2. The van der Waals surface area contributed by atoms with Crippen molar-refractivity contribution in [2.24, 2.45) is 5.73 Å². The average molecular weight is 404 g/mol. The molecule has 3 heterocycles. The van der Waals surface area contributed by atoms with Gasteiger partial charge >= 0.3 is 0 Å². The van der Waals surface area contributed by atoms with Crippen molar-refractivity contribution in [2.45, 2.75) is 17.6 Å². The average Bonchev–Trinajstić information content (AvgIpc) is 3.37. The maximum atomic E-state index is 6.55. The Morgan fingerprint density at radius 1 is 1.17 bits per heavy atom. The Morgan fingerprint density at radius 3 is 2.97 bits per heavy atom. The number of nitrogens with zero attached hydrogens (tertiary/aromatic N) is 3. The van der Waals surface area contributed by atoms with Crippen LogP contribution in [0, 0.1) is 0 Å². The van der Waals surface area contributed by atoms with Crippen LogP contribution < -0.4 is 15.9 Å². The van der Waals surface area contributed by atoms with Crippen molar-refractivity contribution in [2.75, 3.05) is 12.5 Å². The molecule has 0 saturated heterocycles. The van der Waals surface area contributed by atoms with Gasteiger partial charge < -0.3 is 15.5 Å². The van der Waals surface area contributed by atoms with Crippen LogP contribution in [0.5, 0.6) is 5.75 Å². The van der Waals surface area contributed by atoms with Gasteiger partial charge in [-0.2, -0.15) is 0 Å². The lowest BCUT2D eigenvalue weighted by Gasteiger charge is -2.21. The van der Waals surface area contributed by atoms with Crippen LogP contribution in [0.4, 0.5) is 0 Å². The SMILES string of the molecule is COc1cccc(C2=CSc3nnc([C@@H](N)Cc4c[nH]c5ccccc45)n3N2)c1. The highest BCUT2D eigenvalue weighted by atomic mass is 32.2. The molecule has 4 N–H and O–H groups in total. The topological polar surface area (TPSA) is 93.8 Å². The molecule has 2 aromatic carbocycles. The Kier molecular flexibility index (Phi) is 4.49. The van der Waals surface area contributed by atoms with Crippen LogP contribution in [0.15, 0.2) is 65.3 Å². The molecule has 2 aromatic heterocycles. The summed E-state index contributed by atoms with van der Waals surface area (Å²) < 4.78 is 7.21. The summed E-state index contributed by atoms with van der Waals surface area (Å²) in [5, 5.41) is 12.6. The second-order valence-electron chi connectivity index (χ2n) is 6.84. The van der Waals surface area contributed by atoms with Gasteiger partial charge in [-0.1, -0.05) is 42.1 Å². The molecule has 0 amide bonds. The number of aromatic nitrogens is 4. The molecule has 0 fully saturated rings. The van der Waals surface area contributed by atoms with Crippen LogP contribution in [-0.2, 0) is 6.42 Å². The van der Waals surface area contributed by atoms with Gasteiger partial charge in [0.1, 0.15) is 5.75 Å². The molecule has 0 saturated carbocycles. The number of nitrogens with one attached hydrogen (secondary N) is 2. The highest BCUT2D eigenvalue weighted by molar-refractivity contribution is 8.02. The standard InChI is InChI=1S/C21H20N6OS/c1-28-15-6-4-5-13(9-15)19-12-29-21-25-24-20(27(21)26-19)17(22)10-14-11-23-18-8-3-2-7-16(14)18/h2-9,11-12,17,23,26H,10,22H2,1H3/t17-/m0/s1. The smallest absolute Gasteiger partial charge is 0.214 e. The minimum absolute atomic E-state index is 0.298. The largest absolute Gasteiger partial charge is 0.497 e. The monoisotopic (exact) mass is 404 g/mol. The normalized spacial score (nSPS) is 14.2. The summed E-state index contributed by atoms with van der Waals surface area (Å²) >= 11 is 1.52. The van der Waals surface area contributed by atoms with Crippen molar-refractivity contribution in [3.05, 3.63) is 77.1 Å². The Bertz CT molecular complexity index is 1210. The maximum absolute atomic E-state index is 6.55. The number of ether oxygens (including phenoxy) is 1.